The van der Waals surface area contributed by atoms with E-state index in [1.165, 1.54) is 18.2 Å². The van der Waals surface area contributed by atoms with E-state index in [0.29, 0.717) is 11.5 Å². The van der Waals surface area contributed by atoms with Gasteiger partial charge in [0.15, 0.2) is 5.58 Å². The third-order valence-electron chi connectivity index (χ3n) is 3.49. The normalized spacial score (nSPS) is 11.6. The maximum atomic E-state index is 12.9. The highest BCUT2D eigenvalue weighted by molar-refractivity contribution is 6.34. The summed E-state index contributed by atoms with van der Waals surface area (Å²) in [5.74, 6) is -0.920. The topological polar surface area (TPSA) is 59.3 Å². The van der Waals surface area contributed by atoms with E-state index in [-0.39, 0.29) is 21.9 Å². The average molecular weight is 402 g/mol. The molecule has 0 spiro atoms. The predicted molar refractivity (Wildman–Crippen MR) is 91.9 cm³/mol. The van der Waals surface area contributed by atoms with E-state index in [0.717, 1.165) is 6.07 Å². The molecule has 26 heavy (non-hydrogen) atoms. The quantitative estimate of drug-likeness (QED) is 0.587. The summed E-state index contributed by atoms with van der Waals surface area (Å²) in [6.45, 7) is 0. The molecular formula is C17H8Cl2F3NO3. The van der Waals surface area contributed by atoms with Crippen LogP contribution in [0.15, 0.2) is 51.7 Å². The molecule has 134 valence electrons. The number of para-hydroxylation sites is 1. The highest BCUT2D eigenvalue weighted by Crippen LogP contribution is 2.36. The molecule has 9 heteroatoms. The van der Waals surface area contributed by atoms with Crippen molar-refractivity contribution in [1.29, 1.82) is 0 Å². The Kier molecular flexibility index (Phi) is 4.68. The minimum absolute atomic E-state index is 0.113. The van der Waals surface area contributed by atoms with Crippen LogP contribution < -0.4 is 10.9 Å². The van der Waals surface area contributed by atoms with Crippen molar-refractivity contribution in [1.82, 2.24) is 0 Å². The minimum atomic E-state index is -4.68. The number of halogens is 5. The highest BCUT2D eigenvalue weighted by Gasteiger charge is 2.33. The maximum Gasteiger partial charge on any atom is 0.417 e. The van der Waals surface area contributed by atoms with Crippen LogP contribution in [0.25, 0.3) is 11.0 Å². The van der Waals surface area contributed by atoms with Crippen molar-refractivity contribution in [2.24, 2.45) is 0 Å². The largest absolute Gasteiger partial charge is 0.421 e. The summed E-state index contributed by atoms with van der Waals surface area (Å²) in [7, 11) is 0. The van der Waals surface area contributed by atoms with Crippen LogP contribution in [0.1, 0.15) is 15.9 Å². The first kappa shape index (κ1) is 18.3. The Balaban J connectivity index is 1.98. The molecule has 0 aliphatic rings. The van der Waals surface area contributed by atoms with Gasteiger partial charge in [0, 0.05) is 11.1 Å². The molecule has 3 rings (SSSR count). The van der Waals surface area contributed by atoms with Crippen molar-refractivity contribution in [3.8, 4) is 0 Å². The molecule has 0 aliphatic carbocycles. The van der Waals surface area contributed by atoms with Crippen molar-refractivity contribution in [3.05, 3.63) is 74.1 Å². The molecule has 1 aromatic heterocycles. The van der Waals surface area contributed by atoms with Crippen LogP contribution in [0.4, 0.5) is 18.9 Å². The summed E-state index contributed by atoms with van der Waals surface area (Å²) in [4.78, 5) is 24.3. The number of carbonyl (C=O) groups is 1. The summed E-state index contributed by atoms with van der Waals surface area (Å²) < 4.78 is 43.7. The van der Waals surface area contributed by atoms with Crippen LogP contribution in [-0.2, 0) is 6.18 Å². The van der Waals surface area contributed by atoms with Crippen molar-refractivity contribution in [2.75, 3.05) is 5.32 Å². The molecule has 0 fully saturated rings. The molecule has 0 bridgehead atoms. The van der Waals surface area contributed by atoms with E-state index in [4.69, 9.17) is 27.6 Å². The third-order valence-corrected chi connectivity index (χ3v) is 4.11. The van der Waals surface area contributed by atoms with Crippen LogP contribution in [0.3, 0.4) is 0 Å². The molecule has 1 heterocycles. The van der Waals surface area contributed by atoms with Gasteiger partial charge in [0.25, 0.3) is 5.91 Å². The lowest BCUT2D eigenvalue weighted by molar-refractivity contribution is -0.137. The smallest absolute Gasteiger partial charge is 0.417 e. The lowest BCUT2D eigenvalue weighted by Crippen LogP contribution is -2.21. The Morgan fingerprint density at radius 1 is 1.04 bits per heavy atom. The number of alkyl halides is 3. The number of amides is 1. The molecule has 0 atom stereocenters. The zero-order valence-corrected chi connectivity index (χ0v) is 14.2. The van der Waals surface area contributed by atoms with Crippen LogP contribution in [-0.4, -0.2) is 5.91 Å². The summed E-state index contributed by atoms with van der Waals surface area (Å²) >= 11 is 11.4. The van der Waals surface area contributed by atoms with Gasteiger partial charge in [-0.2, -0.15) is 13.2 Å². The monoisotopic (exact) mass is 401 g/mol. The van der Waals surface area contributed by atoms with Gasteiger partial charge in [-0.15, -0.1) is 0 Å². The average Bonchev–Trinajstić information content (AvgIpc) is 2.56. The van der Waals surface area contributed by atoms with E-state index in [9.17, 15) is 22.8 Å². The first-order valence-corrected chi connectivity index (χ1v) is 7.83. The van der Waals surface area contributed by atoms with E-state index in [2.05, 4.69) is 5.32 Å². The lowest BCUT2D eigenvalue weighted by atomic mass is 10.1. The van der Waals surface area contributed by atoms with Crippen molar-refractivity contribution in [3.63, 3.8) is 0 Å². The molecule has 0 aliphatic heterocycles. The van der Waals surface area contributed by atoms with E-state index >= 15 is 0 Å². The first-order valence-electron chi connectivity index (χ1n) is 7.07. The van der Waals surface area contributed by atoms with Gasteiger partial charge < -0.3 is 9.73 Å². The molecule has 3 aromatic rings. The fraction of sp³-hybridized carbons (Fsp3) is 0.0588. The molecule has 0 unspecified atom stereocenters. The summed E-state index contributed by atoms with van der Waals surface area (Å²) in [5.41, 5.74) is -2.50. The highest BCUT2D eigenvalue weighted by atomic mass is 35.5. The molecule has 0 saturated carbocycles. The predicted octanol–water partition coefficient (Wildman–Crippen LogP) is 5.37. The zero-order valence-electron chi connectivity index (χ0n) is 12.7. The Morgan fingerprint density at radius 3 is 2.46 bits per heavy atom. The Labute approximate surface area is 154 Å². The van der Waals surface area contributed by atoms with Gasteiger partial charge in [0.05, 0.1) is 15.6 Å². The van der Waals surface area contributed by atoms with Crippen LogP contribution >= 0.6 is 23.2 Å². The van der Waals surface area contributed by atoms with Gasteiger partial charge in [0.2, 0.25) is 0 Å². The van der Waals surface area contributed by atoms with Gasteiger partial charge in [-0.3, -0.25) is 4.79 Å². The van der Waals surface area contributed by atoms with Crippen molar-refractivity contribution in [2.45, 2.75) is 6.18 Å². The van der Waals surface area contributed by atoms with Gasteiger partial charge >= 0.3 is 11.8 Å². The molecule has 1 amide bonds. The second kappa shape index (κ2) is 6.66. The van der Waals surface area contributed by atoms with E-state index < -0.39 is 28.3 Å². The Morgan fingerprint density at radius 2 is 1.77 bits per heavy atom. The third kappa shape index (κ3) is 3.54. The number of carbonyl (C=O) groups excluding carboxylic acids is 1. The second-order valence-electron chi connectivity index (χ2n) is 5.25. The zero-order chi connectivity index (χ0) is 19.1. The van der Waals surface area contributed by atoms with Gasteiger partial charge in [-0.1, -0.05) is 35.3 Å². The summed E-state index contributed by atoms with van der Waals surface area (Å²) in [6, 6.07) is 8.81. The van der Waals surface area contributed by atoms with Gasteiger partial charge in [-0.25, -0.2) is 4.79 Å². The van der Waals surface area contributed by atoms with E-state index in [1.807, 2.05) is 0 Å². The molecular weight excluding hydrogens is 394 g/mol. The number of hydrogen-bond acceptors (Lipinski definition) is 3. The fourth-order valence-corrected chi connectivity index (χ4v) is 2.73. The number of fused-ring (bicyclic) bond motifs is 1. The fourth-order valence-electron chi connectivity index (χ4n) is 2.29. The van der Waals surface area contributed by atoms with E-state index in [1.54, 1.807) is 12.1 Å². The summed E-state index contributed by atoms with van der Waals surface area (Å²) in [5, 5.41) is 2.31. The Bertz CT molecular complexity index is 1080. The molecule has 0 saturated heterocycles. The molecule has 0 radical (unpaired) electrons. The minimum Gasteiger partial charge on any atom is -0.421 e. The first-order chi connectivity index (χ1) is 12.2. The number of nitrogens with one attached hydrogen (secondary N) is 1. The second-order valence-corrected chi connectivity index (χ2v) is 6.07. The summed E-state index contributed by atoms with van der Waals surface area (Å²) in [6.07, 6.45) is -4.68. The van der Waals surface area contributed by atoms with Crippen molar-refractivity contribution >= 4 is 45.8 Å². The number of rotatable bonds is 2. The SMILES string of the molecule is O=C(Nc1ccc(Cl)c(C(F)(F)F)c1)c1cc2cccc(Cl)c2oc1=O. The standard InChI is InChI=1S/C17H8Cl2F3NO3/c18-12-5-4-9(7-11(12)17(20,21)22)23-15(24)10-6-8-2-1-3-13(19)14(8)26-16(10)25/h1-7H,(H,23,24). The maximum absolute atomic E-state index is 12.9. The Hall–Kier alpha value is -2.51. The lowest BCUT2D eigenvalue weighted by Gasteiger charge is -2.11. The number of anilines is 1. The van der Waals surface area contributed by atoms with Crippen LogP contribution in [0.5, 0.6) is 0 Å². The molecule has 2 aromatic carbocycles. The van der Waals surface area contributed by atoms with Crippen molar-refractivity contribution < 1.29 is 22.4 Å². The number of benzene rings is 2. The molecule has 1 N–H and O–H groups in total. The molecule has 4 nitrogen and oxygen atoms in total. The van der Waals surface area contributed by atoms with Gasteiger partial charge in [-0.05, 0) is 30.3 Å². The van der Waals surface area contributed by atoms with Crippen LogP contribution in [0.2, 0.25) is 10.0 Å². The van der Waals surface area contributed by atoms with Gasteiger partial charge in [0.1, 0.15) is 5.56 Å². The van der Waals surface area contributed by atoms with Crippen LogP contribution in [0, 0.1) is 0 Å². The number of hydrogen-bond donors (Lipinski definition) is 1.